The molecule has 1 aliphatic heterocycles. The van der Waals surface area contributed by atoms with Crippen molar-refractivity contribution in [3.63, 3.8) is 0 Å². The van der Waals surface area contributed by atoms with E-state index in [0.717, 1.165) is 10.5 Å². The molecule has 0 aromatic rings. The lowest BCUT2D eigenvalue weighted by molar-refractivity contribution is 0.502. The van der Waals surface area contributed by atoms with Crippen LogP contribution in [0, 0.1) is 0 Å². The number of nitrogens with one attached hydrogen (secondary N) is 1. The van der Waals surface area contributed by atoms with E-state index in [4.69, 9.17) is 0 Å². The quantitative estimate of drug-likeness (QED) is 0.747. The molecular weight excluding hydrogens is 190 g/mol. The van der Waals surface area contributed by atoms with Gasteiger partial charge in [0.1, 0.15) is 0 Å². The third-order valence-corrected chi connectivity index (χ3v) is 4.26. The van der Waals surface area contributed by atoms with E-state index in [2.05, 4.69) is 17.1 Å². The summed E-state index contributed by atoms with van der Waals surface area (Å²) in [4.78, 5) is 0. The fraction of sp³-hybridized carbons (Fsp3) is 1.00. The summed E-state index contributed by atoms with van der Waals surface area (Å²) in [5.74, 6) is 0. The van der Waals surface area contributed by atoms with Crippen molar-refractivity contribution in [2.75, 3.05) is 13.1 Å². The topological polar surface area (TPSA) is 12.0 Å². The van der Waals surface area contributed by atoms with Crippen LogP contribution in [0.1, 0.15) is 32.1 Å². The molecule has 0 unspecified atom stereocenters. The molecule has 1 aliphatic carbocycles. The molecule has 2 rings (SSSR count). The molecule has 0 radical (unpaired) electrons. The maximum atomic E-state index is 3.33. The Morgan fingerprint density at radius 1 is 0.917 bits per heavy atom. The molecule has 3 heteroatoms. The summed E-state index contributed by atoms with van der Waals surface area (Å²) in [6, 6.07) is 0. The van der Waals surface area contributed by atoms with Crippen molar-refractivity contribution >= 4 is 24.2 Å². The highest BCUT2D eigenvalue weighted by Gasteiger charge is 2.23. The predicted octanol–water partition coefficient (Wildman–Crippen LogP) is 2.45. The predicted molar refractivity (Wildman–Crippen MR) is 58.4 cm³/mol. The third kappa shape index (κ3) is 2.82. The van der Waals surface area contributed by atoms with Crippen LogP contribution in [0.2, 0.25) is 0 Å². The Morgan fingerprint density at radius 3 is 2.08 bits per heavy atom. The summed E-state index contributed by atoms with van der Waals surface area (Å²) in [5, 5.41) is 5.30. The van der Waals surface area contributed by atoms with Gasteiger partial charge in [-0.3, -0.25) is 0 Å². The van der Waals surface area contributed by atoms with Gasteiger partial charge in [-0.25, -0.2) is 0 Å². The molecular formula is C9H18ClNS. The van der Waals surface area contributed by atoms with Crippen LogP contribution in [0.15, 0.2) is 0 Å². The van der Waals surface area contributed by atoms with Crippen LogP contribution in [-0.4, -0.2) is 23.6 Å². The summed E-state index contributed by atoms with van der Waals surface area (Å²) in [5.41, 5.74) is 0. The van der Waals surface area contributed by atoms with Crippen LogP contribution in [-0.2, 0) is 0 Å². The molecule has 2 fully saturated rings. The first-order valence-corrected chi connectivity index (χ1v) is 5.75. The molecule has 12 heavy (non-hydrogen) atoms. The Labute approximate surface area is 85.5 Å². The van der Waals surface area contributed by atoms with Gasteiger partial charge in [0.2, 0.25) is 0 Å². The van der Waals surface area contributed by atoms with Gasteiger partial charge >= 0.3 is 0 Å². The van der Waals surface area contributed by atoms with Crippen molar-refractivity contribution in [2.24, 2.45) is 0 Å². The zero-order valence-electron chi connectivity index (χ0n) is 7.42. The first kappa shape index (κ1) is 10.7. The van der Waals surface area contributed by atoms with Crippen LogP contribution < -0.4 is 5.32 Å². The van der Waals surface area contributed by atoms with E-state index in [1.54, 1.807) is 0 Å². The average molecular weight is 208 g/mol. The molecule has 0 aromatic heterocycles. The highest BCUT2D eigenvalue weighted by molar-refractivity contribution is 8.00. The maximum absolute atomic E-state index is 3.33. The number of hydrogen-bond acceptors (Lipinski definition) is 2. The number of hydrogen-bond donors (Lipinski definition) is 1. The summed E-state index contributed by atoms with van der Waals surface area (Å²) in [7, 11) is 0. The largest absolute Gasteiger partial charge is 0.314 e. The summed E-state index contributed by atoms with van der Waals surface area (Å²) in [6.07, 6.45) is 7.43. The first-order chi connectivity index (χ1) is 5.45. The SMILES string of the molecule is C1CCC(SC2CNC2)CC1.Cl. The van der Waals surface area contributed by atoms with Crippen molar-refractivity contribution in [1.29, 1.82) is 0 Å². The Bertz CT molecular complexity index is 122. The van der Waals surface area contributed by atoms with E-state index in [-0.39, 0.29) is 12.4 Å². The Morgan fingerprint density at radius 2 is 1.58 bits per heavy atom. The van der Waals surface area contributed by atoms with Gasteiger partial charge in [-0.15, -0.1) is 12.4 Å². The van der Waals surface area contributed by atoms with Gasteiger partial charge in [0.15, 0.2) is 0 Å². The van der Waals surface area contributed by atoms with Gasteiger partial charge in [0.05, 0.1) is 0 Å². The fourth-order valence-electron chi connectivity index (χ4n) is 1.83. The molecule has 72 valence electrons. The molecule has 2 aliphatic rings. The normalized spacial score (nSPS) is 26.0. The third-order valence-electron chi connectivity index (χ3n) is 2.68. The lowest BCUT2D eigenvalue weighted by Gasteiger charge is -2.31. The number of halogens is 1. The first-order valence-electron chi connectivity index (χ1n) is 4.81. The molecule has 0 aromatic carbocycles. The van der Waals surface area contributed by atoms with E-state index in [0.29, 0.717) is 0 Å². The molecule has 1 nitrogen and oxygen atoms in total. The lowest BCUT2D eigenvalue weighted by atomic mass is 10.0. The van der Waals surface area contributed by atoms with E-state index in [1.165, 1.54) is 45.2 Å². The monoisotopic (exact) mass is 207 g/mol. The summed E-state index contributed by atoms with van der Waals surface area (Å²) < 4.78 is 0. The van der Waals surface area contributed by atoms with Crippen LogP contribution in [0.25, 0.3) is 0 Å². The van der Waals surface area contributed by atoms with Crippen LogP contribution in [0.5, 0.6) is 0 Å². The molecule has 1 heterocycles. The minimum Gasteiger partial charge on any atom is -0.314 e. The Kier molecular flexibility index (Phi) is 4.77. The van der Waals surface area contributed by atoms with E-state index in [1.807, 2.05) is 0 Å². The molecule has 0 amide bonds. The zero-order valence-corrected chi connectivity index (χ0v) is 9.05. The Balaban J connectivity index is 0.000000720. The second-order valence-electron chi connectivity index (χ2n) is 3.68. The highest BCUT2D eigenvalue weighted by atomic mass is 35.5. The van der Waals surface area contributed by atoms with Gasteiger partial charge in [-0.2, -0.15) is 11.8 Å². The van der Waals surface area contributed by atoms with Gasteiger partial charge in [0.25, 0.3) is 0 Å². The van der Waals surface area contributed by atoms with Gasteiger partial charge in [-0.05, 0) is 12.8 Å². The van der Waals surface area contributed by atoms with E-state index >= 15 is 0 Å². The number of thioether (sulfide) groups is 1. The van der Waals surface area contributed by atoms with Crippen molar-refractivity contribution in [1.82, 2.24) is 5.32 Å². The van der Waals surface area contributed by atoms with Crippen LogP contribution in [0.3, 0.4) is 0 Å². The second-order valence-corrected chi connectivity index (χ2v) is 5.28. The molecule has 0 bridgehead atoms. The molecule has 0 atom stereocenters. The van der Waals surface area contributed by atoms with Gasteiger partial charge in [-0.1, -0.05) is 19.3 Å². The van der Waals surface area contributed by atoms with Crippen molar-refractivity contribution in [3.05, 3.63) is 0 Å². The summed E-state index contributed by atoms with van der Waals surface area (Å²) in [6.45, 7) is 2.53. The van der Waals surface area contributed by atoms with Crippen LogP contribution in [0.4, 0.5) is 0 Å². The molecule has 1 N–H and O–H groups in total. The maximum Gasteiger partial charge on any atom is 0.0300 e. The van der Waals surface area contributed by atoms with Crippen molar-refractivity contribution < 1.29 is 0 Å². The fourth-order valence-corrected chi connectivity index (χ4v) is 3.41. The minimum absolute atomic E-state index is 0. The van der Waals surface area contributed by atoms with E-state index in [9.17, 15) is 0 Å². The highest BCUT2D eigenvalue weighted by Crippen LogP contribution is 2.31. The van der Waals surface area contributed by atoms with Crippen LogP contribution >= 0.6 is 24.2 Å². The smallest absolute Gasteiger partial charge is 0.0300 e. The Hall–Kier alpha value is 0.600. The molecule has 0 spiro atoms. The van der Waals surface area contributed by atoms with Gasteiger partial charge < -0.3 is 5.32 Å². The van der Waals surface area contributed by atoms with Crippen molar-refractivity contribution in [3.8, 4) is 0 Å². The standard InChI is InChI=1S/C9H17NS.ClH/c1-2-4-8(5-3-1)11-9-6-10-7-9;/h8-10H,1-7H2;1H. The minimum atomic E-state index is 0. The number of rotatable bonds is 2. The summed E-state index contributed by atoms with van der Waals surface area (Å²) >= 11 is 2.24. The van der Waals surface area contributed by atoms with Gasteiger partial charge in [0, 0.05) is 23.6 Å². The second kappa shape index (κ2) is 5.36. The zero-order chi connectivity index (χ0) is 7.52. The van der Waals surface area contributed by atoms with E-state index < -0.39 is 0 Å². The molecule has 1 saturated carbocycles. The lowest BCUT2D eigenvalue weighted by Crippen LogP contribution is -2.45. The molecule has 1 saturated heterocycles. The van der Waals surface area contributed by atoms with Crippen molar-refractivity contribution in [2.45, 2.75) is 42.6 Å². The average Bonchev–Trinajstić information content (AvgIpc) is 1.99.